The van der Waals surface area contributed by atoms with E-state index in [-0.39, 0.29) is 41.6 Å². The molecule has 0 spiro atoms. The molecule has 3 atom stereocenters. The molecule has 2 fully saturated rings. The van der Waals surface area contributed by atoms with Crippen LogP contribution in [-0.2, 0) is 14.4 Å². The van der Waals surface area contributed by atoms with E-state index in [9.17, 15) is 14.4 Å². The summed E-state index contributed by atoms with van der Waals surface area (Å²) in [4.78, 5) is 43.7. The first kappa shape index (κ1) is 25.2. The molecule has 9 nitrogen and oxygen atoms in total. The number of primary amides is 1. The number of aryl methyl sites for hydroxylation is 2. The van der Waals surface area contributed by atoms with Crippen molar-refractivity contribution in [2.45, 2.75) is 62.9 Å². The topological polar surface area (TPSA) is 141 Å². The number of hydrogen-bond acceptors (Lipinski definition) is 6. The average Bonchev–Trinajstić information content (AvgIpc) is 3.16. The number of aromatic nitrogens is 1. The molecule has 2 heterocycles. The van der Waals surface area contributed by atoms with E-state index in [4.69, 9.17) is 34.3 Å². The number of pyridine rings is 1. The number of anilines is 1. The fourth-order valence-electron chi connectivity index (χ4n) is 4.39. The van der Waals surface area contributed by atoms with E-state index in [0.29, 0.717) is 36.5 Å². The molecule has 3 amide bonds. The minimum atomic E-state index is -0.870. The second kappa shape index (κ2) is 9.85. The first-order valence-corrected chi connectivity index (χ1v) is 11.8. The van der Waals surface area contributed by atoms with E-state index in [1.165, 1.54) is 0 Å². The molecule has 33 heavy (non-hydrogen) atoms. The van der Waals surface area contributed by atoms with Gasteiger partial charge in [0.15, 0.2) is 0 Å². The smallest absolute Gasteiger partial charge is 0.267 e. The van der Waals surface area contributed by atoms with Crippen molar-refractivity contribution in [3.05, 3.63) is 23.0 Å². The molecular formula is C22H30Cl2N6O3. The molecule has 1 aliphatic heterocycles. The largest absolute Gasteiger partial charge is 0.374 e. The van der Waals surface area contributed by atoms with Crippen LogP contribution in [0.4, 0.5) is 5.69 Å². The predicted molar refractivity (Wildman–Crippen MR) is 128 cm³/mol. The van der Waals surface area contributed by atoms with Gasteiger partial charge in [-0.05, 0) is 45.6 Å². The lowest BCUT2D eigenvalue weighted by Gasteiger charge is -2.30. The number of alkyl halides is 2. The van der Waals surface area contributed by atoms with E-state index in [1.807, 2.05) is 6.92 Å². The number of nitrogens with two attached hydrogens (primary N) is 1. The van der Waals surface area contributed by atoms with Crippen molar-refractivity contribution in [3.8, 4) is 0 Å². The van der Waals surface area contributed by atoms with Crippen LogP contribution < -0.4 is 16.4 Å². The van der Waals surface area contributed by atoms with Crippen LogP contribution in [-0.4, -0.2) is 62.8 Å². The van der Waals surface area contributed by atoms with E-state index >= 15 is 0 Å². The molecule has 1 aromatic rings. The highest BCUT2D eigenvalue weighted by atomic mass is 35.5. The molecule has 3 rings (SSSR count). The third kappa shape index (κ3) is 5.58. The van der Waals surface area contributed by atoms with Gasteiger partial charge in [0.2, 0.25) is 11.8 Å². The van der Waals surface area contributed by atoms with Crippen molar-refractivity contribution in [2.24, 2.45) is 11.7 Å². The van der Waals surface area contributed by atoms with Gasteiger partial charge in [0, 0.05) is 29.8 Å². The van der Waals surface area contributed by atoms with Crippen molar-refractivity contribution in [2.75, 3.05) is 18.4 Å². The molecule has 1 aromatic heterocycles. The van der Waals surface area contributed by atoms with Crippen LogP contribution >= 0.6 is 23.2 Å². The number of likely N-dealkylation sites (tertiary alicyclic amines) is 1. The molecule has 1 saturated carbocycles. The first-order chi connectivity index (χ1) is 15.5. The summed E-state index contributed by atoms with van der Waals surface area (Å²) < 4.78 is -0.773. The van der Waals surface area contributed by atoms with Crippen LogP contribution in [0.1, 0.15) is 49.6 Å². The minimum absolute atomic E-state index is 0.0231. The summed E-state index contributed by atoms with van der Waals surface area (Å²) in [5, 5.41) is 13.9. The summed E-state index contributed by atoms with van der Waals surface area (Å²) in [7, 11) is 0. The van der Waals surface area contributed by atoms with Gasteiger partial charge >= 0.3 is 0 Å². The van der Waals surface area contributed by atoms with Gasteiger partial charge in [0.25, 0.3) is 5.91 Å². The third-order valence-electron chi connectivity index (χ3n) is 6.30. The SMILES string of the molecule is CCC1CCC(C(=O)NCC2CC2(Cl)Cl)N1C(=O)CNc1c(C(=N)C(N)=O)cc(C)nc1C. The predicted octanol–water partition coefficient (Wildman–Crippen LogP) is 2.04. The Balaban J connectivity index is 1.72. The van der Waals surface area contributed by atoms with Crippen molar-refractivity contribution in [3.63, 3.8) is 0 Å². The van der Waals surface area contributed by atoms with Crippen molar-refractivity contribution < 1.29 is 14.4 Å². The Kier molecular flexibility index (Phi) is 7.53. The molecule has 3 unspecified atom stereocenters. The van der Waals surface area contributed by atoms with Gasteiger partial charge in [-0.25, -0.2) is 0 Å². The standard InChI is InChI=1S/C22H30Cl2N6O3/c1-4-14-5-6-16(21(33)28-9-13-8-22(13,23)24)30(14)17(31)10-27-19-12(3)29-11(2)7-15(19)18(25)20(26)32/h7,13-14,16,25,27H,4-6,8-10H2,1-3H3,(H2,26,32)(H,28,33). The highest BCUT2D eigenvalue weighted by molar-refractivity contribution is 6.50. The van der Waals surface area contributed by atoms with Gasteiger partial charge in [-0.2, -0.15) is 0 Å². The Morgan fingerprint density at radius 3 is 2.55 bits per heavy atom. The Morgan fingerprint density at radius 2 is 1.97 bits per heavy atom. The van der Waals surface area contributed by atoms with Crippen molar-refractivity contribution in [1.29, 1.82) is 5.41 Å². The summed E-state index contributed by atoms with van der Waals surface area (Å²) in [6, 6.07) is 0.972. The molecule has 180 valence electrons. The lowest BCUT2D eigenvalue weighted by atomic mass is 10.1. The van der Waals surface area contributed by atoms with Gasteiger partial charge in [-0.1, -0.05) is 6.92 Å². The quantitative estimate of drug-likeness (QED) is 0.305. The van der Waals surface area contributed by atoms with Crippen LogP contribution in [0.25, 0.3) is 0 Å². The summed E-state index contributed by atoms with van der Waals surface area (Å²) >= 11 is 12.1. The maximum Gasteiger partial charge on any atom is 0.267 e. The number of carbonyl (C=O) groups excluding carboxylic acids is 3. The highest BCUT2D eigenvalue weighted by Gasteiger charge is 2.51. The molecular weight excluding hydrogens is 467 g/mol. The van der Waals surface area contributed by atoms with Gasteiger partial charge in [0.05, 0.1) is 17.9 Å². The highest BCUT2D eigenvalue weighted by Crippen LogP contribution is 2.52. The number of nitrogens with one attached hydrogen (secondary N) is 3. The zero-order chi connectivity index (χ0) is 24.5. The summed E-state index contributed by atoms with van der Waals surface area (Å²) in [6.45, 7) is 5.73. The molecule has 0 radical (unpaired) electrons. The second-order valence-corrected chi connectivity index (χ2v) is 10.3. The number of nitrogens with zero attached hydrogens (tertiary/aromatic N) is 2. The second-order valence-electron chi connectivity index (χ2n) is 8.73. The first-order valence-electron chi connectivity index (χ1n) is 11.0. The van der Waals surface area contributed by atoms with Crippen LogP contribution in [0.3, 0.4) is 0 Å². The lowest BCUT2D eigenvalue weighted by Crippen LogP contribution is -2.50. The number of hydrogen-bond donors (Lipinski definition) is 4. The van der Waals surface area contributed by atoms with E-state index in [0.717, 1.165) is 12.8 Å². The average molecular weight is 497 g/mol. The fourth-order valence-corrected chi connectivity index (χ4v) is 4.92. The molecule has 11 heteroatoms. The molecule has 5 N–H and O–H groups in total. The fraction of sp³-hybridized carbons (Fsp3) is 0.591. The van der Waals surface area contributed by atoms with Crippen molar-refractivity contribution >= 4 is 52.3 Å². The molecule has 2 aliphatic rings. The zero-order valence-electron chi connectivity index (χ0n) is 19.0. The Labute approximate surface area is 203 Å². The van der Waals surface area contributed by atoms with Crippen LogP contribution in [0, 0.1) is 25.2 Å². The monoisotopic (exact) mass is 496 g/mol. The number of halogens is 2. The van der Waals surface area contributed by atoms with Gasteiger partial charge in [-0.15, -0.1) is 23.2 Å². The Hall–Kier alpha value is -2.39. The van der Waals surface area contributed by atoms with E-state index in [2.05, 4.69) is 15.6 Å². The van der Waals surface area contributed by atoms with Gasteiger partial charge in [0.1, 0.15) is 16.1 Å². The number of rotatable bonds is 9. The normalized spacial score (nSPS) is 23.2. The van der Waals surface area contributed by atoms with Crippen LogP contribution in [0.15, 0.2) is 6.07 Å². The zero-order valence-corrected chi connectivity index (χ0v) is 20.5. The summed E-state index contributed by atoms with van der Waals surface area (Å²) in [5.74, 6) is -1.30. The van der Waals surface area contributed by atoms with E-state index in [1.54, 1.807) is 24.8 Å². The van der Waals surface area contributed by atoms with Crippen LogP contribution in [0.2, 0.25) is 0 Å². The van der Waals surface area contributed by atoms with E-state index < -0.39 is 16.3 Å². The number of amides is 3. The van der Waals surface area contributed by atoms with Crippen LogP contribution in [0.5, 0.6) is 0 Å². The Bertz CT molecular complexity index is 983. The minimum Gasteiger partial charge on any atom is -0.374 e. The summed E-state index contributed by atoms with van der Waals surface area (Å²) in [5.41, 5.74) is 6.80. The number of carbonyl (C=O) groups is 3. The molecule has 0 aromatic carbocycles. The molecule has 0 bridgehead atoms. The third-order valence-corrected chi connectivity index (χ3v) is 7.23. The lowest BCUT2D eigenvalue weighted by molar-refractivity contribution is -0.139. The molecule has 1 saturated heterocycles. The molecule has 1 aliphatic carbocycles. The maximum absolute atomic E-state index is 13.2. The van der Waals surface area contributed by atoms with Gasteiger partial charge < -0.3 is 21.3 Å². The maximum atomic E-state index is 13.2. The summed E-state index contributed by atoms with van der Waals surface area (Å²) in [6.07, 6.45) is 2.68. The van der Waals surface area contributed by atoms with Crippen molar-refractivity contribution in [1.82, 2.24) is 15.2 Å². The van der Waals surface area contributed by atoms with Gasteiger partial charge in [-0.3, -0.25) is 24.8 Å². The Morgan fingerprint density at radius 1 is 1.30 bits per heavy atom.